The van der Waals surface area contributed by atoms with E-state index < -0.39 is 5.97 Å². The molecule has 0 atom stereocenters. The van der Waals surface area contributed by atoms with Crippen LogP contribution in [0.2, 0.25) is 0 Å². The summed E-state index contributed by atoms with van der Waals surface area (Å²) in [5.74, 6) is -0.909. The van der Waals surface area contributed by atoms with E-state index in [0.29, 0.717) is 4.88 Å². The molecule has 0 unspecified atom stereocenters. The molecule has 0 saturated carbocycles. The molecular weight excluding hydrogens is 346 g/mol. The van der Waals surface area contributed by atoms with E-state index in [1.54, 1.807) is 6.20 Å². The van der Waals surface area contributed by atoms with Crippen LogP contribution in [0.3, 0.4) is 0 Å². The summed E-state index contributed by atoms with van der Waals surface area (Å²) in [5, 5.41) is 10.5. The van der Waals surface area contributed by atoms with Crippen LogP contribution in [0.4, 0.5) is 5.69 Å². The van der Waals surface area contributed by atoms with Crippen LogP contribution >= 0.6 is 11.3 Å². The minimum atomic E-state index is -0.909. The van der Waals surface area contributed by atoms with Crippen molar-refractivity contribution in [3.8, 4) is 11.1 Å². The van der Waals surface area contributed by atoms with E-state index >= 15 is 0 Å². The van der Waals surface area contributed by atoms with E-state index in [2.05, 4.69) is 48.1 Å². The maximum atomic E-state index is 11.7. The number of anilines is 1. The minimum absolute atomic E-state index is 0.339. The third-order valence-corrected chi connectivity index (χ3v) is 5.46. The summed E-state index contributed by atoms with van der Waals surface area (Å²) in [5.41, 5.74) is 2.79. The first-order valence-corrected chi connectivity index (χ1v) is 9.36. The quantitative estimate of drug-likeness (QED) is 0.681. The largest absolute Gasteiger partial charge is 0.477 e. The Hall–Kier alpha value is -2.44. The SMILES string of the molecule is CN(C)CCCN(C)c1ccc(-c2c(C(=O)O)sc3ncccc23)cc1. The predicted octanol–water partition coefficient (Wildman–Crippen LogP) is 4.05. The molecule has 0 amide bonds. The molecule has 26 heavy (non-hydrogen) atoms. The zero-order valence-electron chi connectivity index (χ0n) is 15.3. The number of aromatic nitrogens is 1. The number of hydrogen-bond donors (Lipinski definition) is 1. The molecule has 0 aliphatic heterocycles. The topological polar surface area (TPSA) is 56.7 Å². The van der Waals surface area contributed by atoms with Crippen LogP contribution in [0.5, 0.6) is 0 Å². The Kier molecular flexibility index (Phi) is 5.54. The van der Waals surface area contributed by atoms with E-state index in [4.69, 9.17) is 0 Å². The van der Waals surface area contributed by atoms with Crippen molar-refractivity contribution >= 4 is 33.2 Å². The molecule has 136 valence electrons. The minimum Gasteiger partial charge on any atom is -0.477 e. The lowest BCUT2D eigenvalue weighted by Crippen LogP contribution is -2.23. The third kappa shape index (κ3) is 3.86. The monoisotopic (exact) mass is 369 g/mol. The molecule has 1 aromatic carbocycles. The molecule has 3 aromatic rings. The molecule has 2 heterocycles. The van der Waals surface area contributed by atoms with Gasteiger partial charge in [-0.25, -0.2) is 9.78 Å². The van der Waals surface area contributed by atoms with Crippen LogP contribution in [0.15, 0.2) is 42.6 Å². The number of hydrogen-bond acceptors (Lipinski definition) is 5. The van der Waals surface area contributed by atoms with Crippen LogP contribution in [-0.2, 0) is 0 Å². The number of fused-ring (bicyclic) bond motifs is 1. The van der Waals surface area contributed by atoms with Crippen molar-refractivity contribution < 1.29 is 9.90 Å². The Morgan fingerprint density at radius 1 is 1.12 bits per heavy atom. The van der Waals surface area contributed by atoms with Gasteiger partial charge in [0.1, 0.15) is 9.71 Å². The standard InChI is InChI=1S/C20H23N3O2S/c1-22(2)12-5-13-23(3)15-9-7-14(8-10-15)17-16-6-4-11-21-19(16)26-18(17)20(24)25/h4,6-11H,5,12-13H2,1-3H3,(H,24,25). The number of rotatable bonds is 7. The third-order valence-electron chi connectivity index (χ3n) is 4.36. The first-order chi connectivity index (χ1) is 12.5. The molecule has 0 aliphatic rings. The summed E-state index contributed by atoms with van der Waals surface area (Å²) in [6.07, 6.45) is 2.79. The lowest BCUT2D eigenvalue weighted by atomic mass is 10.0. The molecular formula is C20H23N3O2S. The first-order valence-electron chi connectivity index (χ1n) is 8.54. The molecule has 6 heteroatoms. The molecule has 5 nitrogen and oxygen atoms in total. The number of carboxylic acid groups (broad SMARTS) is 1. The smallest absolute Gasteiger partial charge is 0.346 e. The van der Waals surface area contributed by atoms with E-state index in [0.717, 1.165) is 46.5 Å². The molecule has 2 aromatic heterocycles. The number of thiophene rings is 1. The Morgan fingerprint density at radius 3 is 2.50 bits per heavy atom. The summed E-state index contributed by atoms with van der Waals surface area (Å²) in [6, 6.07) is 11.9. The normalized spacial score (nSPS) is 11.2. The average molecular weight is 369 g/mol. The number of pyridine rings is 1. The van der Waals surface area contributed by atoms with Crippen molar-refractivity contribution in [1.29, 1.82) is 0 Å². The highest BCUT2D eigenvalue weighted by molar-refractivity contribution is 7.21. The summed E-state index contributed by atoms with van der Waals surface area (Å²) in [6.45, 7) is 2.03. The summed E-state index contributed by atoms with van der Waals surface area (Å²) < 4.78 is 0. The van der Waals surface area contributed by atoms with Gasteiger partial charge in [0.25, 0.3) is 0 Å². The molecule has 0 fully saturated rings. The Labute approximate surface area is 157 Å². The fraction of sp³-hybridized carbons (Fsp3) is 0.300. The van der Waals surface area contributed by atoms with Gasteiger partial charge in [0.2, 0.25) is 0 Å². The highest BCUT2D eigenvalue weighted by atomic mass is 32.1. The van der Waals surface area contributed by atoms with E-state index in [-0.39, 0.29) is 0 Å². The van der Waals surface area contributed by atoms with Crippen molar-refractivity contribution in [2.24, 2.45) is 0 Å². The number of benzene rings is 1. The number of aromatic carboxylic acids is 1. The zero-order chi connectivity index (χ0) is 18.7. The van der Waals surface area contributed by atoms with Gasteiger partial charge in [-0.2, -0.15) is 0 Å². The Bertz CT molecular complexity index is 903. The fourth-order valence-electron chi connectivity index (χ4n) is 3.01. The second-order valence-corrected chi connectivity index (χ2v) is 7.59. The molecule has 0 spiro atoms. The molecule has 3 rings (SSSR count). The molecule has 0 saturated heterocycles. The van der Waals surface area contributed by atoms with E-state index in [9.17, 15) is 9.90 Å². The maximum absolute atomic E-state index is 11.7. The van der Waals surface area contributed by atoms with Crippen LogP contribution in [0.25, 0.3) is 21.3 Å². The van der Waals surface area contributed by atoms with Gasteiger partial charge in [0, 0.05) is 36.4 Å². The van der Waals surface area contributed by atoms with Crippen molar-refractivity contribution in [1.82, 2.24) is 9.88 Å². The first kappa shape index (κ1) is 18.4. The molecule has 1 N–H and O–H groups in total. The highest BCUT2D eigenvalue weighted by Gasteiger charge is 2.19. The van der Waals surface area contributed by atoms with Crippen LogP contribution in [-0.4, -0.2) is 55.2 Å². The molecule has 0 bridgehead atoms. The van der Waals surface area contributed by atoms with Gasteiger partial charge in [0.15, 0.2) is 0 Å². The van der Waals surface area contributed by atoms with Gasteiger partial charge >= 0.3 is 5.97 Å². The van der Waals surface area contributed by atoms with Gasteiger partial charge in [-0.1, -0.05) is 12.1 Å². The van der Waals surface area contributed by atoms with E-state index in [1.165, 1.54) is 11.3 Å². The Balaban J connectivity index is 1.88. The van der Waals surface area contributed by atoms with Crippen LogP contribution in [0.1, 0.15) is 16.1 Å². The lowest BCUT2D eigenvalue weighted by molar-refractivity contribution is 0.0703. The summed E-state index contributed by atoms with van der Waals surface area (Å²) in [4.78, 5) is 21.5. The van der Waals surface area contributed by atoms with Crippen LogP contribution < -0.4 is 4.90 Å². The van der Waals surface area contributed by atoms with Crippen LogP contribution in [0, 0.1) is 0 Å². The number of carbonyl (C=O) groups is 1. The van der Waals surface area contributed by atoms with Crippen molar-refractivity contribution in [3.63, 3.8) is 0 Å². The van der Waals surface area contributed by atoms with Crippen molar-refractivity contribution in [2.75, 3.05) is 39.1 Å². The predicted molar refractivity (Wildman–Crippen MR) is 108 cm³/mol. The van der Waals surface area contributed by atoms with Crippen molar-refractivity contribution in [3.05, 3.63) is 47.5 Å². The second-order valence-electron chi connectivity index (χ2n) is 6.59. The highest BCUT2D eigenvalue weighted by Crippen LogP contribution is 2.38. The zero-order valence-corrected chi connectivity index (χ0v) is 16.1. The Morgan fingerprint density at radius 2 is 1.85 bits per heavy atom. The molecule has 0 radical (unpaired) electrons. The summed E-state index contributed by atoms with van der Waals surface area (Å²) in [7, 11) is 6.24. The van der Waals surface area contributed by atoms with Crippen molar-refractivity contribution in [2.45, 2.75) is 6.42 Å². The van der Waals surface area contributed by atoms with E-state index in [1.807, 2.05) is 24.3 Å². The number of carboxylic acids is 1. The second kappa shape index (κ2) is 7.85. The summed E-state index contributed by atoms with van der Waals surface area (Å²) >= 11 is 1.23. The average Bonchev–Trinajstić information content (AvgIpc) is 3.01. The van der Waals surface area contributed by atoms with Gasteiger partial charge in [-0.05, 0) is 56.9 Å². The fourth-order valence-corrected chi connectivity index (χ4v) is 4.01. The lowest BCUT2D eigenvalue weighted by Gasteiger charge is -2.20. The van der Waals surface area contributed by atoms with Gasteiger partial charge < -0.3 is 14.9 Å². The maximum Gasteiger partial charge on any atom is 0.346 e. The van der Waals surface area contributed by atoms with Gasteiger partial charge in [-0.15, -0.1) is 11.3 Å². The van der Waals surface area contributed by atoms with Gasteiger partial charge in [-0.3, -0.25) is 0 Å². The molecule has 0 aliphatic carbocycles. The van der Waals surface area contributed by atoms with Gasteiger partial charge in [0.05, 0.1) is 0 Å². The number of nitrogens with zero attached hydrogens (tertiary/aromatic N) is 3.